The number of para-hydroxylation sites is 1. The summed E-state index contributed by atoms with van der Waals surface area (Å²) in [6.07, 6.45) is 3.83. The van der Waals surface area contributed by atoms with Crippen molar-refractivity contribution in [2.75, 3.05) is 0 Å². The van der Waals surface area contributed by atoms with E-state index in [0.29, 0.717) is 11.5 Å². The van der Waals surface area contributed by atoms with Gasteiger partial charge < -0.3 is 13.7 Å². The van der Waals surface area contributed by atoms with E-state index in [9.17, 15) is 0 Å². The first-order chi connectivity index (χ1) is 20.0. The number of aryl methyl sites for hydroxylation is 4. The number of pyridine rings is 2. The number of aromatic nitrogens is 3. The van der Waals surface area contributed by atoms with Gasteiger partial charge in [0.1, 0.15) is 11.4 Å². The van der Waals surface area contributed by atoms with Gasteiger partial charge in [-0.3, -0.25) is 4.98 Å². The first-order valence-corrected chi connectivity index (χ1v) is 13.7. The molecule has 0 unspecified atom stereocenters. The predicted molar refractivity (Wildman–Crippen MR) is 164 cm³/mol. The molecule has 4 heterocycles. The Kier molecular flexibility index (Phi) is 6.18. The van der Waals surface area contributed by atoms with Crippen LogP contribution in [0.25, 0.3) is 60.5 Å². The maximum atomic E-state index is 6.41. The Morgan fingerprint density at radius 1 is 0.762 bits per heavy atom. The van der Waals surface area contributed by atoms with Crippen LogP contribution in [0.5, 0.6) is 11.5 Å². The van der Waals surface area contributed by atoms with Gasteiger partial charge in [0.2, 0.25) is 0 Å². The largest absolute Gasteiger partial charge is 2.00 e. The van der Waals surface area contributed by atoms with E-state index in [-0.39, 0.29) is 21.1 Å². The molecule has 0 aliphatic rings. The van der Waals surface area contributed by atoms with Crippen LogP contribution in [0.3, 0.4) is 0 Å². The third kappa shape index (κ3) is 3.95. The van der Waals surface area contributed by atoms with Crippen LogP contribution in [0.1, 0.15) is 22.3 Å². The number of ether oxygens (including phenoxy) is 1. The molecule has 0 amide bonds. The standard InChI is InChI=1S/C36H25N3O2.Pt/c1-20-15-33(37-18-21(20)2)39-30-8-6-5-7-27(30)28-13-12-26(17-31(28)39)40-25-11-9-24-10-14-32-34(29(24)16-25)35-36(41-32)23(4)22(3)19-38-35;/h5-15,18-19H,1-4H3;/q-2;+2. The van der Waals surface area contributed by atoms with Crippen molar-refractivity contribution in [3.05, 3.63) is 114 Å². The Bertz CT molecular complexity index is 2350. The minimum atomic E-state index is 0. The van der Waals surface area contributed by atoms with Gasteiger partial charge in [0.25, 0.3) is 0 Å². The summed E-state index contributed by atoms with van der Waals surface area (Å²) in [5.74, 6) is 2.07. The molecule has 5 nitrogen and oxygen atoms in total. The van der Waals surface area contributed by atoms with E-state index < -0.39 is 0 Å². The molecule has 0 N–H and O–H groups in total. The molecule has 42 heavy (non-hydrogen) atoms. The third-order valence-electron chi connectivity index (χ3n) is 8.21. The van der Waals surface area contributed by atoms with Gasteiger partial charge in [-0.2, -0.15) is 6.07 Å². The smallest absolute Gasteiger partial charge is 0.503 e. The zero-order valence-corrected chi connectivity index (χ0v) is 25.8. The maximum absolute atomic E-state index is 6.41. The van der Waals surface area contributed by atoms with Crippen LogP contribution in [0.2, 0.25) is 0 Å². The van der Waals surface area contributed by atoms with Crippen molar-refractivity contribution >= 4 is 54.6 Å². The SMILES string of the molecule is Cc1cnc(-n2c3[c-]c(Oc4[c-]c5c(cc4)ccc4oc6c(C)c(C)cnc6c45)ccc3c3ccccc32)cc1C.[Pt+2]. The van der Waals surface area contributed by atoms with E-state index >= 15 is 0 Å². The van der Waals surface area contributed by atoms with Gasteiger partial charge in [0.05, 0.1) is 11.1 Å². The van der Waals surface area contributed by atoms with Crippen LogP contribution in [-0.4, -0.2) is 14.5 Å². The minimum Gasteiger partial charge on any atom is -0.503 e. The zero-order chi connectivity index (χ0) is 27.8. The van der Waals surface area contributed by atoms with Crippen molar-refractivity contribution in [2.24, 2.45) is 0 Å². The van der Waals surface area contributed by atoms with Crippen molar-refractivity contribution < 1.29 is 30.2 Å². The second-order valence-electron chi connectivity index (χ2n) is 10.7. The van der Waals surface area contributed by atoms with Crippen molar-refractivity contribution in [1.29, 1.82) is 0 Å². The van der Waals surface area contributed by atoms with E-state index in [1.165, 1.54) is 5.56 Å². The summed E-state index contributed by atoms with van der Waals surface area (Å²) in [6, 6.07) is 29.6. The van der Waals surface area contributed by atoms with Crippen LogP contribution in [0, 0.1) is 39.8 Å². The van der Waals surface area contributed by atoms with E-state index in [1.54, 1.807) is 0 Å². The molecule has 0 fully saturated rings. The molecule has 0 aliphatic carbocycles. The van der Waals surface area contributed by atoms with Gasteiger partial charge in [-0.25, -0.2) is 4.98 Å². The van der Waals surface area contributed by atoms with Gasteiger partial charge in [-0.1, -0.05) is 35.8 Å². The Hall–Kier alpha value is -4.47. The first-order valence-electron chi connectivity index (χ1n) is 13.7. The van der Waals surface area contributed by atoms with Crippen molar-refractivity contribution in [3.8, 4) is 17.3 Å². The number of fused-ring (bicyclic) bond motifs is 8. The maximum Gasteiger partial charge on any atom is 2.00 e. The Labute approximate surface area is 257 Å². The zero-order valence-electron chi connectivity index (χ0n) is 23.5. The Balaban J connectivity index is 0.00000288. The van der Waals surface area contributed by atoms with Crippen LogP contribution < -0.4 is 4.74 Å². The normalized spacial score (nSPS) is 11.6. The van der Waals surface area contributed by atoms with E-state index in [2.05, 4.69) is 86.0 Å². The molecular formula is C36H25N3O2Pt. The van der Waals surface area contributed by atoms with Crippen molar-refractivity contribution in [2.45, 2.75) is 27.7 Å². The number of nitrogens with zero attached hydrogens (tertiary/aromatic N) is 3. The molecule has 0 saturated carbocycles. The molecule has 0 aliphatic heterocycles. The molecule has 4 aromatic heterocycles. The average molecular weight is 727 g/mol. The second kappa shape index (κ2) is 9.82. The fourth-order valence-electron chi connectivity index (χ4n) is 5.69. The molecule has 8 aromatic rings. The average Bonchev–Trinajstić information content (AvgIpc) is 3.53. The summed E-state index contributed by atoms with van der Waals surface area (Å²) < 4.78 is 14.8. The summed E-state index contributed by atoms with van der Waals surface area (Å²) in [5, 5.41) is 5.16. The number of benzene rings is 4. The number of hydrogen-bond donors (Lipinski definition) is 0. The summed E-state index contributed by atoms with van der Waals surface area (Å²) >= 11 is 0. The van der Waals surface area contributed by atoms with Crippen LogP contribution in [0.15, 0.2) is 83.5 Å². The molecule has 8 rings (SSSR count). The fourth-order valence-corrected chi connectivity index (χ4v) is 5.69. The molecule has 0 bridgehead atoms. The third-order valence-corrected chi connectivity index (χ3v) is 8.21. The molecule has 0 spiro atoms. The van der Waals surface area contributed by atoms with Gasteiger partial charge in [-0.05, 0) is 78.9 Å². The first kappa shape index (κ1) is 26.4. The second-order valence-corrected chi connectivity index (χ2v) is 10.7. The van der Waals surface area contributed by atoms with Gasteiger partial charge in [0, 0.05) is 29.4 Å². The molecule has 0 atom stereocenters. The predicted octanol–water partition coefficient (Wildman–Crippen LogP) is 9.25. The molecule has 4 aromatic carbocycles. The Morgan fingerprint density at radius 3 is 2.38 bits per heavy atom. The summed E-state index contributed by atoms with van der Waals surface area (Å²) in [7, 11) is 0. The van der Waals surface area contributed by atoms with E-state index in [4.69, 9.17) is 19.1 Å². The number of rotatable bonds is 3. The van der Waals surface area contributed by atoms with Gasteiger partial charge in [-0.15, -0.1) is 40.4 Å². The van der Waals surface area contributed by atoms with E-state index in [1.807, 2.05) is 37.5 Å². The molecule has 6 heteroatoms. The summed E-state index contributed by atoms with van der Waals surface area (Å²) in [5.41, 5.74) is 9.01. The molecule has 0 saturated heterocycles. The number of hydrogen-bond acceptors (Lipinski definition) is 4. The van der Waals surface area contributed by atoms with Crippen LogP contribution >= 0.6 is 0 Å². The quantitative estimate of drug-likeness (QED) is 0.171. The summed E-state index contributed by atoms with van der Waals surface area (Å²) in [6.45, 7) is 8.31. The van der Waals surface area contributed by atoms with Gasteiger partial charge >= 0.3 is 21.1 Å². The van der Waals surface area contributed by atoms with Crippen molar-refractivity contribution in [1.82, 2.24) is 14.5 Å². The summed E-state index contributed by atoms with van der Waals surface area (Å²) in [4.78, 5) is 9.50. The Morgan fingerprint density at radius 2 is 1.52 bits per heavy atom. The minimum absolute atomic E-state index is 0. The van der Waals surface area contributed by atoms with Crippen molar-refractivity contribution in [3.63, 3.8) is 0 Å². The van der Waals surface area contributed by atoms with E-state index in [0.717, 1.165) is 77.2 Å². The van der Waals surface area contributed by atoms with Crippen LogP contribution in [-0.2, 0) is 21.1 Å². The fraction of sp³-hybridized carbons (Fsp3) is 0.111. The molecular weight excluding hydrogens is 701 g/mol. The topological polar surface area (TPSA) is 53.1 Å². The molecule has 206 valence electrons. The monoisotopic (exact) mass is 726 g/mol. The number of furan rings is 1. The van der Waals surface area contributed by atoms with Crippen LogP contribution in [0.4, 0.5) is 0 Å². The van der Waals surface area contributed by atoms with Gasteiger partial charge in [0.15, 0.2) is 0 Å². The molecule has 0 radical (unpaired) electrons.